The number of amides is 1. The molecule has 2 N–H and O–H groups in total. The number of carboxylic acid groups (broad SMARTS) is 1. The fourth-order valence-electron chi connectivity index (χ4n) is 0.799. The molecule has 1 amide bonds. The van der Waals surface area contributed by atoms with E-state index in [2.05, 4.69) is 5.32 Å². The van der Waals surface area contributed by atoms with Crippen LogP contribution in [0.3, 0.4) is 0 Å². The maximum atomic E-state index is 10.4. The monoisotopic (exact) mass is 137 g/mol. The summed E-state index contributed by atoms with van der Waals surface area (Å²) in [6.07, 6.45) is 0.769. The van der Waals surface area contributed by atoms with Crippen molar-refractivity contribution in [1.29, 1.82) is 0 Å². The molecular weight excluding hydrogens is 129 g/mol. The van der Waals surface area contributed by atoms with Gasteiger partial charge in [0.05, 0.1) is 0 Å². The summed E-state index contributed by atoms with van der Waals surface area (Å²) in [7, 11) is 0. The number of nitrogens with one attached hydrogen (secondary N) is 1. The van der Waals surface area contributed by atoms with E-state index >= 15 is 0 Å². The topological polar surface area (TPSA) is 66.4 Å². The fourth-order valence-corrected chi connectivity index (χ4v) is 0.799. The van der Waals surface area contributed by atoms with Gasteiger partial charge in [0.15, 0.2) is 0 Å². The molecule has 0 spiro atoms. The van der Waals surface area contributed by atoms with Crippen LogP contribution in [0, 0.1) is 0 Å². The quantitative estimate of drug-likeness (QED) is 0.441. The van der Waals surface area contributed by atoms with Gasteiger partial charge in [-0.1, -0.05) is 0 Å². The summed E-state index contributed by atoms with van der Waals surface area (Å²) in [4.78, 5) is 20.5. The molecule has 1 fully saturated rings. The van der Waals surface area contributed by atoms with Gasteiger partial charge < -0.3 is 10.4 Å². The van der Waals surface area contributed by atoms with Crippen molar-refractivity contribution < 1.29 is 14.7 Å². The minimum atomic E-state index is -0.944. The van der Waals surface area contributed by atoms with Crippen LogP contribution in [0.1, 0.15) is 12.8 Å². The molecule has 10 heavy (non-hydrogen) atoms. The SMILES string of the molecule is O=C1CCC(C(=O)O)N1.[LiH]. The molecule has 0 aliphatic carbocycles. The molecule has 52 valence electrons. The molecule has 0 aromatic carbocycles. The van der Waals surface area contributed by atoms with Gasteiger partial charge >= 0.3 is 24.8 Å². The molecule has 4 nitrogen and oxygen atoms in total. The Hall–Kier alpha value is -0.463. The molecule has 1 aliphatic rings. The molecule has 1 atom stereocenters. The molecular formula is C5H8LiNO3. The molecule has 5 heteroatoms. The zero-order valence-corrected chi connectivity index (χ0v) is 4.76. The van der Waals surface area contributed by atoms with Crippen LogP contribution in [0.25, 0.3) is 0 Å². The predicted octanol–water partition coefficient (Wildman–Crippen LogP) is -1.30. The molecule has 0 saturated carbocycles. The van der Waals surface area contributed by atoms with Crippen LogP contribution in [0.5, 0.6) is 0 Å². The number of hydrogen-bond acceptors (Lipinski definition) is 2. The zero-order valence-electron chi connectivity index (χ0n) is 4.76. The van der Waals surface area contributed by atoms with E-state index < -0.39 is 12.0 Å². The van der Waals surface area contributed by atoms with E-state index in [4.69, 9.17) is 5.11 Å². The Kier molecular flexibility index (Phi) is 3.48. The molecule has 1 saturated heterocycles. The van der Waals surface area contributed by atoms with Crippen LogP contribution >= 0.6 is 0 Å². The van der Waals surface area contributed by atoms with Gasteiger partial charge in [-0.2, -0.15) is 0 Å². The number of carboxylic acids is 1. The molecule has 1 aliphatic heterocycles. The van der Waals surface area contributed by atoms with E-state index in [1.165, 1.54) is 0 Å². The number of carbonyl (C=O) groups excluding carboxylic acids is 1. The number of carbonyl (C=O) groups is 2. The molecule has 1 heterocycles. The second-order valence-corrected chi connectivity index (χ2v) is 2.00. The van der Waals surface area contributed by atoms with Crippen molar-refractivity contribution in [3.63, 3.8) is 0 Å². The van der Waals surface area contributed by atoms with Gasteiger partial charge in [0.2, 0.25) is 5.91 Å². The first-order valence-electron chi connectivity index (χ1n) is 2.72. The van der Waals surface area contributed by atoms with E-state index in [1.54, 1.807) is 0 Å². The Morgan fingerprint density at radius 1 is 1.70 bits per heavy atom. The van der Waals surface area contributed by atoms with Crippen molar-refractivity contribution in [3.05, 3.63) is 0 Å². The first-order chi connectivity index (χ1) is 4.20. The number of aliphatic carboxylic acids is 1. The van der Waals surface area contributed by atoms with E-state index in [0.717, 1.165) is 0 Å². The minimum absolute atomic E-state index is 0. The Morgan fingerprint density at radius 3 is 2.50 bits per heavy atom. The Labute approximate surface area is 70.2 Å². The van der Waals surface area contributed by atoms with Gasteiger partial charge in [-0.25, -0.2) is 4.79 Å². The summed E-state index contributed by atoms with van der Waals surface area (Å²) in [5.74, 6) is -1.11. The van der Waals surface area contributed by atoms with Crippen molar-refractivity contribution in [1.82, 2.24) is 5.32 Å². The number of hydrogen-bond donors (Lipinski definition) is 2. The summed E-state index contributed by atoms with van der Waals surface area (Å²) >= 11 is 0. The van der Waals surface area contributed by atoms with Crippen LogP contribution in [0.4, 0.5) is 0 Å². The van der Waals surface area contributed by atoms with Crippen molar-refractivity contribution in [2.24, 2.45) is 0 Å². The van der Waals surface area contributed by atoms with E-state index in [0.29, 0.717) is 12.8 Å². The van der Waals surface area contributed by atoms with E-state index in [1.807, 2.05) is 0 Å². The fraction of sp³-hybridized carbons (Fsp3) is 0.600. The molecule has 0 aromatic heterocycles. The van der Waals surface area contributed by atoms with E-state index in [9.17, 15) is 9.59 Å². The van der Waals surface area contributed by atoms with Crippen molar-refractivity contribution in [3.8, 4) is 0 Å². The van der Waals surface area contributed by atoms with Crippen molar-refractivity contribution >= 4 is 30.7 Å². The summed E-state index contributed by atoms with van der Waals surface area (Å²) in [6.45, 7) is 0. The third kappa shape index (κ3) is 2.05. The van der Waals surface area contributed by atoms with Crippen LogP contribution in [0.15, 0.2) is 0 Å². The van der Waals surface area contributed by atoms with Gasteiger partial charge in [0, 0.05) is 6.42 Å². The van der Waals surface area contributed by atoms with Gasteiger partial charge in [0.25, 0.3) is 0 Å². The summed E-state index contributed by atoms with van der Waals surface area (Å²) < 4.78 is 0. The average Bonchev–Trinajstić information content (AvgIpc) is 2.14. The second kappa shape index (κ2) is 3.64. The molecule has 1 unspecified atom stereocenters. The third-order valence-electron chi connectivity index (χ3n) is 1.29. The molecule has 1 rings (SSSR count). The first kappa shape index (κ1) is 9.54. The molecule has 0 radical (unpaired) electrons. The summed E-state index contributed by atoms with van der Waals surface area (Å²) in [5.41, 5.74) is 0. The van der Waals surface area contributed by atoms with Crippen LogP contribution < -0.4 is 5.32 Å². The van der Waals surface area contributed by atoms with Crippen LogP contribution in [-0.2, 0) is 9.59 Å². The standard InChI is InChI=1S/C5H7NO3.Li.H/c7-4-2-1-3(6-4)5(8)9;;/h3H,1-2H2,(H,6,7)(H,8,9);;. The first-order valence-corrected chi connectivity index (χ1v) is 2.72. The van der Waals surface area contributed by atoms with Gasteiger partial charge in [-0.05, 0) is 6.42 Å². The molecule has 0 aromatic rings. The summed E-state index contributed by atoms with van der Waals surface area (Å²) in [5, 5.41) is 10.6. The normalized spacial score (nSPS) is 23.2. The van der Waals surface area contributed by atoms with Crippen LogP contribution in [0.2, 0.25) is 0 Å². The van der Waals surface area contributed by atoms with Crippen molar-refractivity contribution in [2.45, 2.75) is 18.9 Å². The van der Waals surface area contributed by atoms with Gasteiger partial charge in [0.1, 0.15) is 6.04 Å². The Bertz CT molecular complexity index is 159. The van der Waals surface area contributed by atoms with Crippen molar-refractivity contribution in [2.75, 3.05) is 0 Å². The molecule has 0 bridgehead atoms. The number of rotatable bonds is 1. The third-order valence-corrected chi connectivity index (χ3v) is 1.29. The second-order valence-electron chi connectivity index (χ2n) is 2.00. The van der Waals surface area contributed by atoms with Crippen LogP contribution in [-0.4, -0.2) is 41.9 Å². The summed E-state index contributed by atoms with van der Waals surface area (Å²) in [6, 6.07) is -0.641. The predicted molar refractivity (Wildman–Crippen MR) is 35.9 cm³/mol. The average molecular weight is 137 g/mol. The van der Waals surface area contributed by atoms with E-state index in [-0.39, 0.29) is 24.8 Å². The van der Waals surface area contributed by atoms with Gasteiger partial charge in [-0.15, -0.1) is 0 Å². The zero-order chi connectivity index (χ0) is 6.85. The Balaban J connectivity index is 0.000000810. The van der Waals surface area contributed by atoms with Gasteiger partial charge in [-0.3, -0.25) is 4.79 Å². The maximum absolute atomic E-state index is 10.4. The Morgan fingerprint density at radius 2 is 2.30 bits per heavy atom.